The molecule has 0 unspecified atom stereocenters. The fraction of sp³-hybridized carbons (Fsp3) is 0.308. The van der Waals surface area contributed by atoms with Crippen LogP contribution >= 0.6 is 11.8 Å². The number of hydrazone groups is 1. The predicted molar refractivity (Wildman–Crippen MR) is 76.3 cm³/mol. The Labute approximate surface area is 115 Å². The van der Waals surface area contributed by atoms with Crippen molar-refractivity contribution in [2.45, 2.75) is 24.7 Å². The van der Waals surface area contributed by atoms with Crippen molar-refractivity contribution in [1.29, 1.82) is 0 Å². The number of amides is 2. The maximum absolute atomic E-state index is 11.9. The van der Waals surface area contributed by atoms with Crippen molar-refractivity contribution in [3.63, 3.8) is 0 Å². The van der Waals surface area contributed by atoms with E-state index in [2.05, 4.69) is 22.8 Å². The maximum atomic E-state index is 11.9. The topological polar surface area (TPSA) is 70.6 Å². The molecule has 0 atom stereocenters. The molecular formula is C13H15N3O2S. The summed E-state index contributed by atoms with van der Waals surface area (Å²) in [6.45, 7) is 2.09. The summed E-state index contributed by atoms with van der Waals surface area (Å²) in [6.07, 6.45) is 0.680. The van der Waals surface area contributed by atoms with Crippen molar-refractivity contribution in [3.05, 3.63) is 24.3 Å². The third kappa shape index (κ3) is 3.82. The molecule has 1 aliphatic rings. The van der Waals surface area contributed by atoms with E-state index >= 15 is 0 Å². The fourth-order valence-electron chi connectivity index (χ4n) is 1.64. The highest BCUT2D eigenvalue weighted by Crippen LogP contribution is 2.19. The van der Waals surface area contributed by atoms with Gasteiger partial charge >= 0.3 is 0 Å². The van der Waals surface area contributed by atoms with Crippen LogP contribution in [-0.4, -0.2) is 23.3 Å². The molecule has 19 heavy (non-hydrogen) atoms. The third-order valence-electron chi connectivity index (χ3n) is 2.59. The van der Waals surface area contributed by atoms with Gasteiger partial charge < -0.3 is 5.32 Å². The number of carbonyl (C=O) groups is 2. The van der Waals surface area contributed by atoms with Crippen molar-refractivity contribution in [1.82, 2.24) is 5.43 Å². The highest BCUT2D eigenvalue weighted by molar-refractivity contribution is 7.99. The Morgan fingerprint density at radius 2 is 2.11 bits per heavy atom. The minimum absolute atomic E-state index is 0.155. The van der Waals surface area contributed by atoms with Crippen LogP contribution in [0.25, 0.3) is 0 Å². The first kappa shape index (κ1) is 13.6. The summed E-state index contributed by atoms with van der Waals surface area (Å²) in [7, 11) is 0. The maximum Gasteiger partial charge on any atom is 0.271 e. The first-order valence-corrected chi connectivity index (χ1v) is 7.07. The Hall–Kier alpha value is -1.82. The SMILES string of the molecule is CCSc1ccc(NC(=O)C2=NNC(=O)CC2)cc1. The Kier molecular flexibility index (Phi) is 4.57. The van der Waals surface area contributed by atoms with Gasteiger partial charge in [0.25, 0.3) is 5.91 Å². The zero-order chi connectivity index (χ0) is 13.7. The van der Waals surface area contributed by atoms with Gasteiger partial charge in [-0.2, -0.15) is 5.10 Å². The fourth-order valence-corrected chi connectivity index (χ4v) is 2.30. The number of carbonyl (C=O) groups excluding carboxylic acids is 2. The van der Waals surface area contributed by atoms with E-state index in [1.807, 2.05) is 24.3 Å². The number of thioether (sulfide) groups is 1. The van der Waals surface area contributed by atoms with Crippen molar-refractivity contribution in [2.24, 2.45) is 5.10 Å². The summed E-state index contributed by atoms with van der Waals surface area (Å²) in [5, 5.41) is 6.52. The largest absolute Gasteiger partial charge is 0.321 e. The third-order valence-corrected chi connectivity index (χ3v) is 3.48. The highest BCUT2D eigenvalue weighted by atomic mass is 32.2. The molecule has 1 aromatic carbocycles. The molecule has 0 saturated carbocycles. The van der Waals surface area contributed by atoms with Gasteiger partial charge in [-0.15, -0.1) is 11.8 Å². The smallest absolute Gasteiger partial charge is 0.271 e. The number of anilines is 1. The van der Waals surface area contributed by atoms with E-state index < -0.39 is 0 Å². The molecule has 5 nitrogen and oxygen atoms in total. The second-order valence-corrected chi connectivity index (χ2v) is 5.34. The van der Waals surface area contributed by atoms with Crippen LogP contribution in [0.2, 0.25) is 0 Å². The van der Waals surface area contributed by atoms with Crippen molar-refractivity contribution in [2.75, 3.05) is 11.1 Å². The molecule has 0 radical (unpaired) electrons. The van der Waals surface area contributed by atoms with Crippen LogP contribution in [0.15, 0.2) is 34.3 Å². The summed E-state index contributed by atoms with van der Waals surface area (Å²) in [5.74, 6) is 0.593. The van der Waals surface area contributed by atoms with Crippen LogP contribution in [0.1, 0.15) is 19.8 Å². The van der Waals surface area contributed by atoms with Gasteiger partial charge in [0.15, 0.2) is 0 Å². The predicted octanol–water partition coefficient (Wildman–Crippen LogP) is 2.00. The summed E-state index contributed by atoms with van der Waals surface area (Å²) in [5.41, 5.74) is 3.39. The Morgan fingerprint density at radius 3 is 2.68 bits per heavy atom. The average molecular weight is 277 g/mol. The van der Waals surface area contributed by atoms with Crippen LogP contribution in [-0.2, 0) is 9.59 Å². The van der Waals surface area contributed by atoms with Crippen LogP contribution in [0.3, 0.4) is 0 Å². The molecule has 0 bridgehead atoms. The van der Waals surface area contributed by atoms with E-state index in [-0.39, 0.29) is 11.8 Å². The lowest BCUT2D eigenvalue weighted by molar-refractivity contribution is -0.121. The Bertz CT molecular complexity index is 511. The molecule has 2 amide bonds. The average Bonchev–Trinajstić information content (AvgIpc) is 2.42. The monoisotopic (exact) mass is 277 g/mol. The first-order chi connectivity index (χ1) is 9.19. The molecule has 6 heteroatoms. The lowest BCUT2D eigenvalue weighted by Gasteiger charge is -2.12. The van der Waals surface area contributed by atoms with Gasteiger partial charge in [0.1, 0.15) is 5.71 Å². The molecule has 0 aromatic heterocycles. The zero-order valence-corrected chi connectivity index (χ0v) is 11.4. The molecule has 0 saturated heterocycles. The van der Waals surface area contributed by atoms with Gasteiger partial charge in [-0.3, -0.25) is 9.59 Å². The zero-order valence-electron chi connectivity index (χ0n) is 10.6. The molecule has 0 aliphatic carbocycles. The van der Waals surface area contributed by atoms with E-state index in [1.54, 1.807) is 11.8 Å². The molecule has 1 heterocycles. The summed E-state index contributed by atoms with van der Waals surface area (Å²) in [4.78, 5) is 24.0. The molecule has 0 spiro atoms. The number of benzene rings is 1. The van der Waals surface area contributed by atoms with E-state index in [9.17, 15) is 9.59 Å². The molecular weight excluding hydrogens is 262 g/mol. The van der Waals surface area contributed by atoms with E-state index in [0.29, 0.717) is 18.6 Å². The minimum Gasteiger partial charge on any atom is -0.321 e. The quantitative estimate of drug-likeness (QED) is 0.827. The van der Waals surface area contributed by atoms with Crippen LogP contribution in [0.5, 0.6) is 0 Å². The minimum atomic E-state index is -0.268. The first-order valence-electron chi connectivity index (χ1n) is 6.08. The standard InChI is InChI=1S/C13H15N3O2S/c1-2-19-10-5-3-9(4-6-10)14-13(18)11-7-8-12(17)16-15-11/h3-6H,2,7-8H2,1H3,(H,14,18)(H,16,17). The molecule has 2 rings (SSSR count). The number of hydrogen-bond donors (Lipinski definition) is 2. The Morgan fingerprint density at radius 1 is 1.37 bits per heavy atom. The van der Waals surface area contributed by atoms with Gasteiger partial charge in [-0.05, 0) is 30.0 Å². The summed E-state index contributed by atoms with van der Waals surface area (Å²) < 4.78 is 0. The number of nitrogens with zero attached hydrogens (tertiary/aromatic N) is 1. The second-order valence-electron chi connectivity index (χ2n) is 4.00. The lowest BCUT2D eigenvalue weighted by Crippen LogP contribution is -2.32. The molecule has 1 aromatic rings. The molecule has 100 valence electrons. The van der Waals surface area contributed by atoms with Gasteiger partial charge in [0, 0.05) is 23.4 Å². The second kappa shape index (κ2) is 6.38. The molecule has 0 fully saturated rings. The van der Waals surface area contributed by atoms with Gasteiger partial charge in [0.2, 0.25) is 5.91 Å². The number of hydrogen-bond acceptors (Lipinski definition) is 4. The van der Waals surface area contributed by atoms with Crippen molar-refractivity contribution >= 4 is 35.0 Å². The van der Waals surface area contributed by atoms with Crippen molar-refractivity contribution < 1.29 is 9.59 Å². The number of nitrogens with one attached hydrogen (secondary N) is 2. The van der Waals surface area contributed by atoms with Crippen molar-refractivity contribution in [3.8, 4) is 0 Å². The summed E-state index contributed by atoms with van der Waals surface area (Å²) in [6, 6.07) is 7.65. The molecule has 2 N–H and O–H groups in total. The van der Waals surface area contributed by atoms with E-state index in [4.69, 9.17) is 0 Å². The highest BCUT2D eigenvalue weighted by Gasteiger charge is 2.18. The summed E-state index contributed by atoms with van der Waals surface area (Å²) >= 11 is 1.75. The van der Waals surface area contributed by atoms with Crippen LogP contribution < -0.4 is 10.7 Å². The van der Waals surface area contributed by atoms with Gasteiger partial charge in [-0.1, -0.05) is 6.92 Å². The molecule has 1 aliphatic heterocycles. The van der Waals surface area contributed by atoms with Crippen LogP contribution in [0, 0.1) is 0 Å². The Balaban J connectivity index is 1.97. The number of rotatable bonds is 4. The van der Waals surface area contributed by atoms with Crippen LogP contribution in [0.4, 0.5) is 5.69 Å². The van der Waals surface area contributed by atoms with E-state index in [0.717, 1.165) is 11.4 Å². The normalized spacial score (nSPS) is 14.6. The van der Waals surface area contributed by atoms with Gasteiger partial charge in [-0.25, -0.2) is 5.43 Å². The van der Waals surface area contributed by atoms with Gasteiger partial charge in [0.05, 0.1) is 0 Å². The van der Waals surface area contributed by atoms with E-state index in [1.165, 1.54) is 4.90 Å². The lowest BCUT2D eigenvalue weighted by atomic mass is 10.1.